The number of anilines is 1. The molecule has 3 nitrogen and oxygen atoms in total. The first-order valence-electron chi connectivity index (χ1n) is 5.12. The molecule has 0 N–H and O–H groups in total. The summed E-state index contributed by atoms with van der Waals surface area (Å²) in [5.74, 6) is -0.214. The smallest absolute Gasteiger partial charge is 0.347 e. The zero-order chi connectivity index (χ0) is 13.1. The van der Waals surface area contributed by atoms with Gasteiger partial charge in [0.1, 0.15) is 12.4 Å². The van der Waals surface area contributed by atoms with Crippen molar-refractivity contribution >= 4 is 11.6 Å². The Bertz CT molecular complexity index is 404. The van der Waals surface area contributed by atoms with E-state index in [1.54, 1.807) is 6.92 Å². The molecule has 0 bridgehead atoms. The van der Waals surface area contributed by atoms with Gasteiger partial charge >= 0.3 is 6.18 Å². The molecule has 1 heterocycles. The molecule has 0 aliphatic rings. The molecule has 0 saturated carbocycles. The van der Waals surface area contributed by atoms with E-state index >= 15 is 0 Å². The third-order valence-electron chi connectivity index (χ3n) is 2.22. The van der Waals surface area contributed by atoms with E-state index in [0.717, 1.165) is 4.90 Å². The van der Waals surface area contributed by atoms with Crippen LogP contribution in [0.15, 0.2) is 18.3 Å². The van der Waals surface area contributed by atoms with Gasteiger partial charge in [-0.25, -0.2) is 4.98 Å². The fourth-order valence-electron chi connectivity index (χ4n) is 1.48. The Kier molecular flexibility index (Phi) is 4.09. The van der Waals surface area contributed by atoms with Gasteiger partial charge < -0.3 is 4.90 Å². The fourth-order valence-corrected chi connectivity index (χ4v) is 1.48. The number of alkyl halides is 3. The summed E-state index contributed by atoms with van der Waals surface area (Å²) in [6.45, 7) is 1.92. The highest BCUT2D eigenvalue weighted by Crippen LogP contribution is 2.23. The minimum absolute atomic E-state index is 0.0832. The van der Waals surface area contributed by atoms with Crippen LogP contribution in [0.1, 0.15) is 24.2 Å². The van der Waals surface area contributed by atoms with Crippen molar-refractivity contribution in [2.24, 2.45) is 0 Å². The summed E-state index contributed by atoms with van der Waals surface area (Å²) in [5, 5.41) is 0. The highest BCUT2D eigenvalue weighted by molar-refractivity contribution is 5.98. The summed E-state index contributed by atoms with van der Waals surface area (Å²) in [4.78, 5) is 16.2. The Morgan fingerprint density at radius 2 is 2.12 bits per heavy atom. The molecule has 17 heavy (non-hydrogen) atoms. The number of pyridine rings is 1. The average Bonchev–Trinajstić information content (AvgIpc) is 2.24. The average molecular weight is 246 g/mol. The van der Waals surface area contributed by atoms with Gasteiger partial charge in [-0.1, -0.05) is 0 Å². The van der Waals surface area contributed by atoms with Crippen LogP contribution in [0.2, 0.25) is 0 Å². The van der Waals surface area contributed by atoms with Crippen LogP contribution < -0.4 is 4.90 Å². The summed E-state index contributed by atoms with van der Waals surface area (Å²) >= 11 is 0. The van der Waals surface area contributed by atoms with Gasteiger partial charge in [0.05, 0.1) is 5.56 Å². The number of halogens is 3. The molecule has 1 aromatic rings. The van der Waals surface area contributed by atoms with Gasteiger partial charge in [0, 0.05) is 12.7 Å². The molecule has 94 valence electrons. The summed E-state index contributed by atoms with van der Waals surface area (Å²) in [6, 6.07) is 3.01. The first-order chi connectivity index (χ1) is 7.85. The van der Waals surface area contributed by atoms with E-state index in [2.05, 4.69) is 4.98 Å². The zero-order valence-corrected chi connectivity index (χ0v) is 9.58. The van der Waals surface area contributed by atoms with Crippen molar-refractivity contribution in [2.45, 2.75) is 20.0 Å². The quantitative estimate of drug-likeness (QED) is 0.766. The highest BCUT2D eigenvalue weighted by atomic mass is 19.4. The molecular weight excluding hydrogens is 233 g/mol. The topological polar surface area (TPSA) is 33.2 Å². The fraction of sp³-hybridized carbons (Fsp3) is 0.455. The van der Waals surface area contributed by atoms with E-state index in [9.17, 15) is 18.0 Å². The number of carbonyl (C=O) groups is 1. The lowest BCUT2D eigenvalue weighted by Crippen LogP contribution is -2.35. The number of rotatable bonds is 4. The van der Waals surface area contributed by atoms with Gasteiger partial charge in [-0.15, -0.1) is 0 Å². The zero-order valence-electron chi connectivity index (χ0n) is 9.58. The lowest BCUT2D eigenvalue weighted by Gasteiger charge is -2.24. The van der Waals surface area contributed by atoms with Gasteiger partial charge in [0.25, 0.3) is 0 Å². The lowest BCUT2D eigenvalue weighted by atomic mass is 10.2. The molecule has 0 aliphatic heterocycles. The summed E-state index contributed by atoms with van der Waals surface area (Å²) in [5.41, 5.74) is 0.207. The minimum Gasteiger partial charge on any atom is -0.347 e. The van der Waals surface area contributed by atoms with Crippen LogP contribution in [0.4, 0.5) is 19.0 Å². The first-order valence-corrected chi connectivity index (χ1v) is 5.12. The summed E-state index contributed by atoms with van der Waals surface area (Å²) < 4.78 is 37.1. The maximum atomic E-state index is 12.4. The van der Waals surface area contributed by atoms with Crippen LogP contribution in [0.25, 0.3) is 0 Å². The van der Waals surface area contributed by atoms with Crippen LogP contribution in [0.5, 0.6) is 0 Å². The minimum atomic E-state index is -4.32. The molecule has 0 atom stereocenters. The second kappa shape index (κ2) is 5.16. The number of carbonyl (C=O) groups excluding carboxylic acids is 1. The Labute approximate surface area is 97.3 Å². The van der Waals surface area contributed by atoms with E-state index in [1.807, 2.05) is 0 Å². The van der Waals surface area contributed by atoms with E-state index in [1.165, 1.54) is 25.3 Å². The molecule has 0 fully saturated rings. The number of aromatic nitrogens is 1. The molecule has 0 spiro atoms. The van der Waals surface area contributed by atoms with Crippen LogP contribution in [0, 0.1) is 0 Å². The van der Waals surface area contributed by atoms with Crippen molar-refractivity contribution in [1.29, 1.82) is 0 Å². The molecule has 0 unspecified atom stereocenters. The van der Waals surface area contributed by atoms with E-state index in [0.29, 0.717) is 0 Å². The van der Waals surface area contributed by atoms with Crippen LogP contribution >= 0.6 is 0 Å². The maximum absolute atomic E-state index is 12.4. The third-order valence-corrected chi connectivity index (χ3v) is 2.22. The molecular formula is C11H13F3N2O. The monoisotopic (exact) mass is 246 g/mol. The first kappa shape index (κ1) is 13.5. The van der Waals surface area contributed by atoms with Gasteiger partial charge in [-0.2, -0.15) is 13.2 Å². The molecule has 0 aliphatic carbocycles. The number of Topliss-reactive ketones (excluding diaryl/α,β-unsaturated/α-hetero) is 1. The van der Waals surface area contributed by atoms with Gasteiger partial charge in [-0.3, -0.25) is 4.79 Å². The maximum Gasteiger partial charge on any atom is 0.405 e. The highest BCUT2D eigenvalue weighted by Gasteiger charge is 2.31. The van der Waals surface area contributed by atoms with Crippen LogP contribution in [-0.2, 0) is 0 Å². The number of nitrogens with zero attached hydrogens (tertiary/aromatic N) is 2. The number of hydrogen-bond acceptors (Lipinski definition) is 3. The van der Waals surface area contributed by atoms with Crippen molar-refractivity contribution in [1.82, 2.24) is 4.98 Å². The van der Waals surface area contributed by atoms with Crippen molar-refractivity contribution in [3.63, 3.8) is 0 Å². The summed E-state index contributed by atoms with van der Waals surface area (Å²) in [7, 11) is 0. The standard InChI is InChI=1S/C11H13F3N2O/c1-3-16(7-11(12,13)14)10-9(8(2)17)5-4-6-15-10/h4-6H,3,7H2,1-2H3. The van der Waals surface area contributed by atoms with E-state index in [-0.39, 0.29) is 23.7 Å². The molecule has 1 aromatic heterocycles. The Balaban J connectivity index is 3.07. The van der Waals surface area contributed by atoms with E-state index in [4.69, 9.17) is 0 Å². The van der Waals surface area contributed by atoms with Crippen LogP contribution in [-0.4, -0.2) is 30.0 Å². The number of ketones is 1. The van der Waals surface area contributed by atoms with Crippen LogP contribution in [0.3, 0.4) is 0 Å². The number of hydrogen-bond donors (Lipinski definition) is 0. The Morgan fingerprint density at radius 1 is 1.47 bits per heavy atom. The molecule has 0 aromatic carbocycles. The van der Waals surface area contributed by atoms with Crippen molar-refractivity contribution < 1.29 is 18.0 Å². The third kappa shape index (κ3) is 3.72. The SMILES string of the molecule is CCN(CC(F)(F)F)c1ncccc1C(C)=O. The largest absolute Gasteiger partial charge is 0.405 e. The van der Waals surface area contributed by atoms with Crippen molar-refractivity contribution in [3.8, 4) is 0 Å². The normalized spacial score (nSPS) is 11.4. The molecule has 6 heteroatoms. The summed E-state index contributed by atoms with van der Waals surface area (Å²) in [6.07, 6.45) is -2.94. The Morgan fingerprint density at radius 3 is 2.59 bits per heavy atom. The molecule has 0 saturated heterocycles. The van der Waals surface area contributed by atoms with Crippen molar-refractivity contribution in [3.05, 3.63) is 23.9 Å². The predicted molar refractivity (Wildman–Crippen MR) is 58.2 cm³/mol. The molecule has 1 rings (SSSR count). The van der Waals surface area contributed by atoms with Gasteiger partial charge in [0.2, 0.25) is 0 Å². The van der Waals surface area contributed by atoms with Gasteiger partial charge in [-0.05, 0) is 26.0 Å². The molecule has 0 amide bonds. The Hall–Kier alpha value is -1.59. The lowest BCUT2D eigenvalue weighted by molar-refractivity contribution is -0.119. The predicted octanol–water partition coefficient (Wildman–Crippen LogP) is 2.67. The van der Waals surface area contributed by atoms with Gasteiger partial charge in [0.15, 0.2) is 5.78 Å². The second-order valence-corrected chi connectivity index (χ2v) is 3.56. The van der Waals surface area contributed by atoms with E-state index < -0.39 is 12.7 Å². The second-order valence-electron chi connectivity index (χ2n) is 3.56. The van der Waals surface area contributed by atoms with Crippen molar-refractivity contribution in [2.75, 3.05) is 18.0 Å². The molecule has 0 radical (unpaired) electrons.